The SMILES string of the molecule is CC(C)n1ncnc1CNCC1(O)CCOC1. The number of rotatable bonds is 5. The van der Waals surface area contributed by atoms with E-state index in [2.05, 4.69) is 29.2 Å². The van der Waals surface area contributed by atoms with Crippen molar-refractivity contribution in [1.82, 2.24) is 20.1 Å². The summed E-state index contributed by atoms with van der Waals surface area (Å²) in [4.78, 5) is 4.20. The molecule has 0 aliphatic carbocycles. The van der Waals surface area contributed by atoms with E-state index in [1.807, 2.05) is 4.68 Å². The molecule has 2 heterocycles. The van der Waals surface area contributed by atoms with Gasteiger partial charge in [0.2, 0.25) is 0 Å². The van der Waals surface area contributed by atoms with Gasteiger partial charge in [-0.1, -0.05) is 0 Å². The number of ether oxygens (including phenoxy) is 1. The molecule has 1 aliphatic rings. The van der Waals surface area contributed by atoms with Crippen molar-refractivity contribution in [3.8, 4) is 0 Å². The first kappa shape index (κ1) is 12.5. The maximum absolute atomic E-state index is 10.1. The summed E-state index contributed by atoms with van der Waals surface area (Å²) in [6, 6.07) is 0.298. The summed E-state index contributed by atoms with van der Waals surface area (Å²) in [6.07, 6.45) is 2.25. The topological polar surface area (TPSA) is 72.2 Å². The highest BCUT2D eigenvalue weighted by molar-refractivity contribution is 4.89. The standard InChI is InChI=1S/C11H20N4O2/c1-9(2)15-10(13-8-14-15)5-12-6-11(16)3-4-17-7-11/h8-9,12,16H,3-7H2,1-2H3. The lowest BCUT2D eigenvalue weighted by Crippen LogP contribution is -2.41. The quantitative estimate of drug-likeness (QED) is 0.763. The fraction of sp³-hybridized carbons (Fsp3) is 0.818. The van der Waals surface area contributed by atoms with Gasteiger partial charge in [-0.25, -0.2) is 9.67 Å². The minimum Gasteiger partial charge on any atom is -0.386 e. The van der Waals surface area contributed by atoms with E-state index in [9.17, 15) is 5.11 Å². The average Bonchev–Trinajstić information content (AvgIpc) is 2.87. The monoisotopic (exact) mass is 240 g/mol. The normalized spacial score (nSPS) is 24.7. The summed E-state index contributed by atoms with van der Waals surface area (Å²) in [5.41, 5.74) is -0.720. The molecule has 96 valence electrons. The van der Waals surface area contributed by atoms with E-state index in [-0.39, 0.29) is 0 Å². The Hall–Kier alpha value is -0.980. The number of nitrogens with one attached hydrogen (secondary N) is 1. The minimum absolute atomic E-state index is 0.298. The second-order valence-electron chi connectivity index (χ2n) is 4.85. The van der Waals surface area contributed by atoms with Gasteiger partial charge in [-0.15, -0.1) is 0 Å². The lowest BCUT2D eigenvalue weighted by molar-refractivity contribution is 0.0266. The van der Waals surface area contributed by atoms with Crippen LogP contribution in [0, 0.1) is 0 Å². The molecule has 6 nitrogen and oxygen atoms in total. The third-order valence-electron chi connectivity index (χ3n) is 2.96. The van der Waals surface area contributed by atoms with Gasteiger partial charge in [-0.05, 0) is 13.8 Å². The van der Waals surface area contributed by atoms with Crippen LogP contribution in [0.25, 0.3) is 0 Å². The lowest BCUT2D eigenvalue weighted by Gasteiger charge is -2.20. The van der Waals surface area contributed by atoms with Gasteiger partial charge in [-0.3, -0.25) is 0 Å². The van der Waals surface area contributed by atoms with Gasteiger partial charge >= 0.3 is 0 Å². The number of hydrogen-bond acceptors (Lipinski definition) is 5. The van der Waals surface area contributed by atoms with Crippen LogP contribution in [0.5, 0.6) is 0 Å². The first-order valence-corrected chi connectivity index (χ1v) is 6.00. The maximum Gasteiger partial charge on any atom is 0.141 e. The molecular weight excluding hydrogens is 220 g/mol. The molecule has 0 amide bonds. The maximum atomic E-state index is 10.1. The Labute approximate surface area is 101 Å². The van der Waals surface area contributed by atoms with Crippen LogP contribution >= 0.6 is 0 Å². The highest BCUT2D eigenvalue weighted by Gasteiger charge is 2.31. The molecule has 2 rings (SSSR count). The zero-order valence-corrected chi connectivity index (χ0v) is 10.4. The first-order chi connectivity index (χ1) is 8.11. The highest BCUT2D eigenvalue weighted by atomic mass is 16.5. The molecule has 0 aromatic carbocycles. The van der Waals surface area contributed by atoms with E-state index in [1.54, 1.807) is 6.33 Å². The molecule has 1 aromatic rings. The Morgan fingerprint density at radius 1 is 1.65 bits per heavy atom. The van der Waals surface area contributed by atoms with Crippen LogP contribution in [0.4, 0.5) is 0 Å². The number of aromatic nitrogens is 3. The second-order valence-corrected chi connectivity index (χ2v) is 4.85. The van der Waals surface area contributed by atoms with E-state index in [4.69, 9.17) is 4.74 Å². The summed E-state index contributed by atoms with van der Waals surface area (Å²) in [6.45, 7) is 6.32. The van der Waals surface area contributed by atoms with Gasteiger partial charge in [-0.2, -0.15) is 5.10 Å². The molecule has 17 heavy (non-hydrogen) atoms. The van der Waals surface area contributed by atoms with Crippen molar-refractivity contribution in [2.24, 2.45) is 0 Å². The van der Waals surface area contributed by atoms with Gasteiger partial charge in [0, 0.05) is 25.6 Å². The van der Waals surface area contributed by atoms with E-state index in [1.165, 1.54) is 0 Å². The van der Waals surface area contributed by atoms with Crippen LogP contribution in [0.2, 0.25) is 0 Å². The van der Waals surface area contributed by atoms with Crippen LogP contribution < -0.4 is 5.32 Å². The Kier molecular flexibility index (Phi) is 3.76. The molecule has 0 saturated carbocycles. The Morgan fingerprint density at radius 3 is 3.12 bits per heavy atom. The minimum atomic E-state index is -0.720. The molecule has 1 fully saturated rings. The average molecular weight is 240 g/mol. The third kappa shape index (κ3) is 3.02. The van der Waals surface area contributed by atoms with E-state index < -0.39 is 5.60 Å². The number of nitrogens with zero attached hydrogens (tertiary/aromatic N) is 3. The van der Waals surface area contributed by atoms with Crippen LogP contribution in [0.1, 0.15) is 32.1 Å². The number of aliphatic hydroxyl groups is 1. The van der Waals surface area contributed by atoms with Crippen LogP contribution in [-0.2, 0) is 11.3 Å². The molecule has 0 bridgehead atoms. The zero-order valence-electron chi connectivity index (χ0n) is 10.4. The van der Waals surface area contributed by atoms with E-state index in [0.29, 0.717) is 38.8 Å². The molecule has 1 unspecified atom stereocenters. The molecule has 0 radical (unpaired) electrons. The zero-order chi connectivity index (χ0) is 12.3. The van der Waals surface area contributed by atoms with Crippen LogP contribution in [-0.4, -0.2) is 45.2 Å². The molecule has 6 heteroatoms. The van der Waals surface area contributed by atoms with Crippen LogP contribution in [0.15, 0.2) is 6.33 Å². The molecule has 1 aromatic heterocycles. The summed E-state index contributed by atoms with van der Waals surface area (Å²) in [5.74, 6) is 0.891. The van der Waals surface area contributed by atoms with Gasteiger partial charge < -0.3 is 15.2 Å². The molecular formula is C11H20N4O2. The van der Waals surface area contributed by atoms with Crippen molar-refractivity contribution >= 4 is 0 Å². The van der Waals surface area contributed by atoms with Crippen molar-refractivity contribution < 1.29 is 9.84 Å². The van der Waals surface area contributed by atoms with E-state index in [0.717, 1.165) is 5.82 Å². The molecule has 1 saturated heterocycles. The fourth-order valence-corrected chi connectivity index (χ4v) is 1.97. The van der Waals surface area contributed by atoms with Gasteiger partial charge in [0.05, 0.1) is 13.2 Å². The lowest BCUT2D eigenvalue weighted by atomic mass is 10.0. The molecule has 1 aliphatic heterocycles. The summed E-state index contributed by atoms with van der Waals surface area (Å²) in [7, 11) is 0. The van der Waals surface area contributed by atoms with Crippen LogP contribution in [0.3, 0.4) is 0 Å². The molecule has 2 N–H and O–H groups in total. The third-order valence-corrected chi connectivity index (χ3v) is 2.96. The van der Waals surface area contributed by atoms with Crippen molar-refractivity contribution in [2.75, 3.05) is 19.8 Å². The fourth-order valence-electron chi connectivity index (χ4n) is 1.97. The predicted molar refractivity (Wildman–Crippen MR) is 62.5 cm³/mol. The number of hydrogen-bond donors (Lipinski definition) is 2. The largest absolute Gasteiger partial charge is 0.386 e. The van der Waals surface area contributed by atoms with Gasteiger partial charge in [0.25, 0.3) is 0 Å². The Morgan fingerprint density at radius 2 is 2.47 bits per heavy atom. The highest BCUT2D eigenvalue weighted by Crippen LogP contribution is 2.17. The molecule has 1 atom stereocenters. The Balaban J connectivity index is 1.83. The van der Waals surface area contributed by atoms with Crippen molar-refractivity contribution in [2.45, 2.75) is 38.5 Å². The van der Waals surface area contributed by atoms with Crippen molar-refractivity contribution in [3.63, 3.8) is 0 Å². The van der Waals surface area contributed by atoms with Gasteiger partial charge in [0.15, 0.2) is 0 Å². The van der Waals surface area contributed by atoms with E-state index >= 15 is 0 Å². The predicted octanol–water partition coefficient (Wildman–Crippen LogP) is 0.1000. The first-order valence-electron chi connectivity index (χ1n) is 6.00. The Bertz CT molecular complexity index is 358. The van der Waals surface area contributed by atoms with Gasteiger partial charge in [0.1, 0.15) is 17.8 Å². The van der Waals surface area contributed by atoms with Crippen molar-refractivity contribution in [3.05, 3.63) is 12.2 Å². The summed E-state index contributed by atoms with van der Waals surface area (Å²) in [5, 5.41) is 17.4. The summed E-state index contributed by atoms with van der Waals surface area (Å²) >= 11 is 0. The molecule has 0 spiro atoms. The summed E-state index contributed by atoms with van der Waals surface area (Å²) < 4.78 is 7.06. The smallest absolute Gasteiger partial charge is 0.141 e. The van der Waals surface area contributed by atoms with Crippen molar-refractivity contribution in [1.29, 1.82) is 0 Å². The second kappa shape index (κ2) is 5.12.